The summed E-state index contributed by atoms with van der Waals surface area (Å²) < 4.78 is 5.14. The predicted molar refractivity (Wildman–Crippen MR) is 90.0 cm³/mol. The van der Waals surface area contributed by atoms with Crippen molar-refractivity contribution in [2.45, 2.75) is 32.6 Å². The minimum Gasteiger partial charge on any atom is -0.497 e. The van der Waals surface area contributed by atoms with Crippen LogP contribution in [-0.2, 0) is 5.41 Å². The van der Waals surface area contributed by atoms with Crippen LogP contribution in [0.25, 0.3) is 0 Å². The molecule has 2 rings (SSSR count). The average Bonchev–Trinajstić information content (AvgIpc) is 2.54. The van der Waals surface area contributed by atoms with Crippen LogP contribution in [0.3, 0.4) is 0 Å². The SMILES string of the molecule is CCC(C)(C)c1ccc(N=Cc2ccc(OC)cc2)cc1. The van der Waals surface area contributed by atoms with Crippen LogP contribution in [0.1, 0.15) is 38.3 Å². The summed E-state index contributed by atoms with van der Waals surface area (Å²) >= 11 is 0. The summed E-state index contributed by atoms with van der Waals surface area (Å²) in [5.74, 6) is 0.860. The number of rotatable bonds is 5. The van der Waals surface area contributed by atoms with Crippen LogP contribution < -0.4 is 4.74 Å². The fraction of sp³-hybridized carbons (Fsp3) is 0.316. The molecule has 0 aliphatic heterocycles. The number of hydrogen-bond acceptors (Lipinski definition) is 2. The molecule has 0 fully saturated rings. The van der Waals surface area contributed by atoms with Crippen LogP contribution >= 0.6 is 0 Å². The maximum Gasteiger partial charge on any atom is 0.118 e. The molecule has 2 heteroatoms. The van der Waals surface area contributed by atoms with Crippen LogP contribution in [0, 0.1) is 0 Å². The minimum absolute atomic E-state index is 0.220. The lowest BCUT2D eigenvalue weighted by Gasteiger charge is -2.23. The third kappa shape index (κ3) is 3.94. The van der Waals surface area contributed by atoms with Crippen molar-refractivity contribution >= 4 is 11.9 Å². The third-order valence-electron chi connectivity index (χ3n) is 4.01. The Morgan fingerprint density at radius 1 is 1.00 bits per heavy atom. The Balaban J connectivity index is 2.10. The molecule has 2 aromatic carbocycles. The second-order valence-electron chi connectivity index (χ2n) is 5.82. The van der Waals surface area contributed by atoms with E-state index in [0.717, 1.165) is 23.4 Å². The zero-order chi connectivity index (χ0) is 15.3. The monoisotopic (exact) mass is 281 g/mol. The Hall–Kier alpha value is -2.09. The summed E-state index contributed by atoms with van der Waals surface area (Å²) in [6.07, 6.45) is 3.00. The minimum atomic E-state index is 0.220. The van der Waals surface area contributed by atoms with E-state index in [1.54, 1.807) is 7.11 Å². The smallest absolute Gasteiger partial charge is 0.118 e. The molecule has 0 aromatic heterocycles. The number of ether oxygens (including phenoxy) is 1. The highest BCUT2D eigenvalue weighted by atomic mass is 16.5. The second-order valence-corrected chi connectivity index (χ2v) is 5.82. The van der Waals surface area contributed by atoms with Gasteiger partial charge in [-0.25, -0.2) is 0 Å². The Morgan fingerprint density at radius 2 is 1.62 bits per heavy atom. The summed E-state index contributed by atoms with van der Waals surface area (Å²) in [6.45, 7) is 6.75. The first-order valence-electron chi connectivity index (χ1n) is 7.34. The van der Waals surface area contributed by atoms with Gasteiger partial charge in [0.05, 0.1) is 12.8 Å². The lowest BCUT2D eigenvalue weighted by atomic mass is 9.82. The molecule has 0 heterocycles. The largest absolute Gasteiger partial charge is 0.497 e. The van der Waals surface area contributed by atoms with Crippen molar-refractivity contribution in [3.05, 3.63) is 59.7 Å². The summed E-state index contributed by atoms with van der Waals surface area (Å²) in [7, 11) is 1.67. The number of methoxy groups -OCH3 is 1. The molecule has 0 saturated heterocycles. The lowest BCUT2D eigenvalue weighted by molar-refractivity contribution is 0.415. The van der Waals surface area contributed by atoms with E-state index in [9.17, 15) is 0 Å². The molecule has 0 radical (unpaired) electrons. The van der Waals surface area contributed by atoms with Crippen molar-refractivity contribution < 1.29 is 4.74 Å². The molecule has 0 atom stereocenters. The molecule has 0 aliphatic carbocycles. The van der Waals surface area contributed by atoms with Gasteiger partial charge in [-0.1, -0.05) is 32.9 Å². The first-order chi connectivity index (χ1) is 10.0. The first kappa shape index (κ1) is 15.3. The van der Waals surface area contributed by atoms with Gasteiger partial charge in [-0.15, -0.1) is 0 Å². The molecule has 0 spiro atoms. The van der Waals surface area contributed by atoms with E-state index < -0.39 is 0 Å². The van der Waals surface area contributed by atoms with E-state index in [1.807, 2.05) is 30.5 Å². The van der Waals surface area contributed by atoms with E-state index in [1.165, 1.54) is 5.56 Å². The van der Waals surface area contributed by atoms with E-state index in [-0.39, 0.29) is 5.41 Å². The number of nitrogens with zero attached hydrogens (tertiary/aromatic N) is 1. The van der Waals surface area contributed by atoms with Crippen molar-refractivity contribution in [3.63, 3.8) is 0 Å². The lowest BCUT2D eigenvalue weighted by Crippen LogP contribution is -2.14. The Labute approximate surface area is 127 Å². The van der Waals surface area contributed by atoms with Crippen molar-refractivity contribution in [3.8, 4) is 5.75 Å². The molecular formula is C19H23NO. The molecule has 2 nitrogen and oxygen atoms in total. The highest BCUT2D eigenvalue weighted by molar-refractivity contribution is 5.82. The molecule has 0 unspecified atom stereocenters. The van der Waals surface area contributed by atoms with E-state index in [4.69, 9.17) is 4.74 Å². The van der Waals surface area contributed by atoms with Crippen LogP contribution in [-0.4, -0.2) is 13.3 Å². The number of aliphatic imine (C=N–C) groups is 1. The van der Waals surface area contributed by atoms with Gasteiger partial charge in [0.25, 0.3) is 0 Å². The van der Waals surface area contributed by atoms with Gasteiger partial charge in [0.15, 0.2) is 0 Å². The van der Waals surface area contributed by atoms with E-state index in [0.29, 0.717) is 0 Å². The summed E-state index contributed by atoms with van der Waals surface area (Å²) in [6, 6.07) is 16.4. The summed E-state index contributed by atoms with van der Waals surface area (Å²) in [5, 5.41) is 0. The zero-order valence-corrected chi connectivity index (χ0v) is 13.3. The average molecular weight is 281 g/mol. The topological polar surface area (TPSA) is 21.6 Å². The fourth-order valence-corrected chi connectivity index (χ4v) is 2.04. The molecule has 21 heavy (non-hydrogen) atoms. The standard InChI is InChI=1S/C19H23NO/c1-5-19(2,3)16-8-10-17(11-9-16)20-14-15-6-12-18(21-4)13-7-15/h6-14H,5H2,1-4H3. The molecular weight excluding hydrogens is 258 g/mol. The summed E-state index contributed by atoms with van der Waals surface area (Å²) in [4.78, 5) is 4.52. The van der Waals surface area contributed by atoms with Gasteiger partial charge in [-0.3, -0.25) is 4.99 Å². The highest BCUT2D eigenvalue weighted by Crippen LogP contribution is 2.28. The van der Waals surface area contributed by atoms with Crippen LogP contribution in [0.15, 0.2) is 53.5 Å². The zero-order valence-electron chi connectivity index (χ0n) is 13.3. The van der Waals surface area contributed by atoms with Gasteiger partial charge >= 0.3 is 0 Å². The Bertz CT molecular complexity index is 594. The van der Waals surface area contributed by atoms with Crippen molar-refractivity contribution in [1.29, 1.82) is 0 Å². The maximum absolute atomic E-state index is 5.14. The van der Waals surface area contributed by atoms with Crippen LogP contribution in [0.5, 0.6) is 5.75 Å². The van der Waals surface area contributed by atoms with Crippen LogP contribution in [0.4, 0.5) is 5.69 Å². The van der Waals surface area contributed by atoms with Crippen LogP contribution in [0.2, 0.25) is 0 Å². The molecule has 0 saturated carbocycles. The van der Waals surface area contributed by atoms with Crippen molar-refractivity contribution in [1.82, 2.24) is 0 Å². The van der Waals surface area contributed by atoms with Gasteiger partial charge < -0.3 is 4.74 Å². The predicted octanol–water partition coefficient (Wildman–Crippen LogP) is 5.13. The van der Waals surface area contributed by atoms with Crippen molar-refractivity contribution in [2.75, 3.05) is 7.11 Å². The molecule has 110 valence electrons. The van der Waals surface area contributed by atoms with E-state index >= 15 is 0 Å². The van der Waals surface area contributed by atoms with E-state index in [2.05, 4.69) is 50.0 Å². The molecule has 2 aromatic rings. The molecule has 0 amide bonds. The van der Waals surface area contributed by atoms with Gasteiger partial charge in [0.1, 0.15) is 5.75 Å². The second kappa shape index (κ2) is 6.57. The van der Waals surface area contributed by atoms with Crippen molar-refractivity contribution in [2.24, 2.45) is 4.99 Å². The first-order valence-corrected chi connectivity index (χ1v) is 7.34. The summed E-state index contributed by atoms with van der Waals surface area (Å²) in [5.41, 5.74) is 3.61. The van der Waals surface area contributed by atoms with Gasteiger partial charge in [-0.2, -0.15) is 0 Å². The molecule has 0 aliphatic rings. The third-order valence-corrected chi connectivity index (χ3v) is 4.01. The number of benzene rings is 2. The van der Waals surface area contributed by atoms with Gasteiger partial charge in [0, 0.05) is 6.21 Å². The molecule has 0 bridgehead atoms. The maximum atomic E-state index is 5.14. The normalized spacial score (nSPS) is 11.8. The van der Waals surface area contributed by atoms with Gasteiger partial charge in [-0.05, 0) is 59.4 Å². The Kier molecular flexibility index (Phi) is 4.79. The quantitative estimate of drug-likeness (QED) is 0.696. The number of hydrogen-bond donors (Lipinski definition) is 0. The van der Waals surface area contributed by atoms with Gasteiger partial charge in [0.2, 0.25) is 0 Å². The molecule has 0 N–H and O–H groups in total. The Morgan fingerprint density at radius 3 is 2.14 bits per heavy atom. The highest BCUT2D eigenvalue weighted by Gasteiger charge is 2.17. The fourth-order valence-electron chi connectivity index (χ4n) is 2.04.